The molecular weight excluding hydrogens is 604 g/mol. The SMILES string of the molecule is CCO.Cc1cc(OCC(O)CO)cc(C)c1-c1csc(N)n1.Cc1cc(OCC(O)O)cc(C)c1C(=O)CBr. The number of Topliss-reactive ketones (excluding diaryl/α,β-unsaturated/α-hetero) is 1. The number of benzene rings is 2. The quantitative estimate of drug-likeness (QED) is 0.109. The molecular formula is C28H39BrN2O8S. The van der Waals surface area contributed by atoms with Crippen molar-refractivity contribution in [3.63, 3.8) is 0 Å². The molecule has 40 heavy (non-hydrogen) atoms. The zero-order valence-corrected chi connectivity index (χ0v) is 25.8. The minimum absolute atomic E-state index is 0.0220. The maximum atomic E-state index is 11.7. The monoisotopic (exact) mass is 642 g/mol. The maximum absolute atomic E-state index is 11.7. The first-order valence-corrected chi connectivity index (χ1v) is 14.4. The van der Waals surface area contributed by atoms with Gasteiger partial charge in [-0.1, -0.05) is 15.9 Å². The first-order chi connectivity index (χ1) is 18.9. The van der Waals surface area contributed by atoms with Crippen LogP contribution in [0.15, 0.2) is 29.6 Å². The van der Waals surface area contributed by atoms with Crippen LogP contribution in [-0.2, 0) is 0 Å². The number of carbonyl (C=O) groups is 1. The van der Waals surface area contributed by atoms with Crippen LogP contribution in [-0.4, -0.2) is 80.5 Å². The first kappa shape index (κ1) is 35.4. The molecule has 3 aromatic rings. The van der Waals surface area contributed by atoms with Gasteiger partial charge < -0.3 is 40.7 Å². The highest BCUT2D eigenvalue weighted by atomic mass is 79.9. The molecule has 0 saturated carbocycles. The van der Waals surface area contributed by atoms with Crippen LogP contribution in [0.3, 0.4) is 0 Å². The average molecular weight is 644 g/mol. The van der Waals surface area contributed by atoms with Crippen LogP contribution in [0.25, 0.3) is 11.3 Å². The molecule has 0 spiro atoms. The summed E-state index contributed by atoms with van der Waals surface area (Å²) >= 11 is 4.55. The van der Waals surface area contributed by atoms with E-state index in [1.807, 2.05) is 45.2 Å². The Kier molecular flexibility index (Phi) is 15.9. The fraction of sp³-hybridized carbons (Fsp3) is 0.429. The molecule has 12 heteroatoms. The summed E-state index contributed by atoms with van der Waals surface area (Å²) in [6.45, 7) is 9.10. The third kappa shape index (κ3) is 11.5. The Morgan fingerprint density at radius 1 is 0.950 bits per heavy atom. The van der Waals surface area contributed by atoms with Gasteiger partial charge >= 0.3 is 0 Å². The Bertz CT molecular complexity index is 1170. The second kappa shape index (κ2) is 18.0. The van der Waals surface area contributed by atoms with Gasteiger partial charge in [-0.15, -0.1) is 11.3 Å². The number of rotatable bonds is 10. The number of hydrogen-bond acceptors (Lipinski definition) is 11. The van der Waals surface area contributed by atoms with Crippen molar-refractivity contribution >= 4 is 38.2 Å². The lowest BCUT2D eigenvalue weighted by Gasteiger charge is -2.14. The van der Waals surface area contributed by atoms with Gasteiger partial charge in [0.2, 0.25) is 0 Å². The topological polar surface area (TPSA) is 176 Å². The van der Waals surface area contributed by atoms with Crippen LogP contribution in [0.2, 0.25) is 0 Å². The Hall–Kier alpha value is -2.58. The molecule has 222 valence electrons. The predicted molar refractivity (Wildman–Crippen MR) is 161 cm³/mol. The van der Waals surface area contributed by atoms with E-state index in [4.69, 9.17) is 35.6 Å². The molecule has 1 aromatic heterocycles. The van der Waals surface area contributed by atoms with Gasteiger partial charge in [-0.3, -0.25) is 4.79 Å². The molecule has 0 radical (unpaired) electrons. The molecule has 0 amide bonds. The highest BCUT2D eigenvalue weighted by molar-refractivity contribution is 9.09. The van der Waals surface area contributed by atoms with E-state index in [9.17, 15) is 9.90 Å². The van der Waals surface area contributed by atoms with Crippen molar-refractivity contribution in [2.24, 2.45) is 0 Å². The summed E-state index contributed by atoms with van der Waals surface area (Å²) in [6.07, 6.45) is -2.37. The summed E-state index contributed by atoms with van der Waals surface area (Å²) in [5, 5.41) is 45.8. The van der Waals surface area contributed by atoms with Gasteiger partial charge in [0, 0.05) is 23.1 Å². The number of aryl methyl sites for hydroxylation is 4. The fourth-order valence-electron chi connectivity index (χ4n) is 3.74. The number of halogens is 1. The lowest BCUT2D eigenvalue weighted by Crippen LogP contribution is -2.21. The number of thiazole rings is 1. The molecule has 0 bridgehead atoms. The second-order valence-electron chi connectivity index (χ2n) is 8.75. The summed E-state index contributed by atoms with van der Waals surface area (Å²) < 4.78 is 10.6. The van der Waals surface area contributed by atoms with E-state index in [1.165, 1.54) is 11.3 Å². The molecule has 0 aliphatic carbocycles. The van der Waals surface area contributed by atoms with Gasteiger partial charge in [-0.25, -0.2) is 4.98 Å². The van der Waals surface area contributed by atoms with E-state index in [2.05, 4.69) is 20.9 Å². The number of nitrogens with zero attached hydrogens (tertiary/aromatic N) is 1. The van der Waals surface area contributed by atoms with E-state index in [-0.39, 0.29) is 37.5 Å². The van der Waals surface area contributed by atoms with Gasteiger partial charge in [0.25, 0.3) is 0 Å². The van der Waals surface area contributed by atoms with Gasteiger partial charge in [-0.05, 0) is 81.1 Å². The smallest absolute Gasteiger partial charge is 0.186 e. The summed E-state index contributed by atoms with van der Waals surface area (Å²) in [7, 11) is 0. The largest absolute Gasteiger partial charge is 0.491 e. The van der Waals surface area contributed by atoms with Crippen molar-refractivity contribution < 1.29 is 39.8 Å². The maximum Gasteiger partial charge on any atom is 0.186 e. The van der Waals surface area contributed by atoms with Crippen molar-refractivity contribution in [2.45, 2.75) is 47.0 Å². The van der Waals surface area contributed by atoms with Crippen LogP contribution in [0.1, 0.15) is 39.5 Å². The molecule has 2 aromatic carbocycles. The molecule has 0 saturated heterocycles. The summed E-state index contributed by atoms with van der Waals surface area (Å²) in [5.74, 6) is 1.22. The number of nitrogen functional groups attached to an aromatic ring is 1. The Morgan fingerprint density at radius 2 is 1.43 bits per heavy atom. The fourth-order valence-corrected chi connectivity index (χ4v) is 4.58. The van der Waals surface area contributed by atoms with Gasteiger partial charge in [0.15, 0.2) is 17.2 Å². The third-order valence-corrected chi connectivity index (χ3v) is 6.43. The van der Waals surface area contributed by atoms with E-state index < -0.39 is 12.4 Å². The minimum Gasteiger partial charge on any atom is -0.491 e. The van der Waals surface area contributed by atoms with Crippen LogP contribution in [0.4, 0.5) is 5.13 Å². The minimum atomic E-state index is -1.50. The summed E-state index contributed by atoms with van der Waals surface area (Å²) in [6, 6.07) is 7.21. The van der Waals surface area contributed by atoms with Gasteiger partial charge in [0.05, 0.1) is 17.6 Å². The third-order valence-electron chi connectivity index (χ3n) is 5.24. The number of nitrogens with two attached hydrogens (primary N) is 1. The van der Waals surface area contributed by atoms with Gasteiger partial charge in [0.1, 0.15) is 30.8 Å². The number of aliphatic hydroxyl groups excluding tert-OH is 4. The number of ether oxygens (including phenoxy) is 2. The standard InChI is InChI=1S/C14H18N2O3S.C12H15BrO4.C2H6O/c1-8-3-11(19-6-10(18)5-17)4-9(2)13(8)12-7-20-14(15)16-12;1-7-3-9(17-6-11(15)16)4-8(2)12(7)10(14)5-13;1-2-3/h3-4,7,10,17-18H,5-6H2,1-2H3,(H2,15,16);3-4,11,15-16H,5-6H2,1-2H3;3H,2H2,1H3. The normalized spacial score (nSPS) is 11.2. The molecule has 0 fully saturated rings. The number of aliphatic hydroxyl groups is 5. The number of alkyl halides is 1. The highest BCUT2D eigenvalue weighted by Gasteiger charge is 2.14. The predicted octanol–water partition coefficient (Wildman–Crippen LogP) is 3.31. The van der Waals surface area contributed by atoms with Crippen LogP contribution >= 0.6 is 27.3 Å². The molecule has 3 rings (SSSR count). The first-order valence-electron chi connectivity index (χ1n) is 12.4. The Labute approximate surface area is 247 Å². The molecule has 0 aliphatic rings. The van der Waals surface area contributed by atoms with Crippen molar-refractivity contribution in [2.75, 3.05) is 37.5 Å². The summed E-state index contributed by atoms with van der Waals surface area (Å²) in [4.78, 5) is 16.0. The Balaban J connectivity index is 0.000000369. The van der Waals surface area contributed by atoms with E-state index in [1.54, 1.807) is 19.1 Å². The number of anilines is 1. The lowest BCUT2D eigenvalue weighted by atomic mass is 9.99. The van der Waals surface area contributed by atoms with E-state index in [0.29, 0.717) is 22.2 Å². The summed E-state index contributed by atoms with van der Waals surface area (Å²) in [5.41, 5.74) is 12.0. The second-order valence-corrected chi connectivity index (χ2v) is 10.2. The van der Waals surface area contributed by atoms with E-state index >= 15 is 0 Å². The number of carbonyl (C=O) groups excluding carboxylic acids is 1. The number of ketones is 1. The van der Waals surface area contributed by atoms with Crippen LogP contribution in [0, 0.1) is 27.7 Å². The molecule has 1 unspecified atom stereocenters. The number of aromatic nitrogens is 1. The number of hydrogen-bond donors (Lipinski definition) is 6. The molecule has 1 heterocycles. The van der Waals surface area contributed by atoms with Crippen molar-refractivity contribution in [3.8, 4) is 22.8 Å². The van der Waals surface area contributed by atoms with Crippen molar-refractivity contribution in [1.82, 2.24) is 4.98 Å². The van der Waals surface area contributed by atoms with E-state index in [0.717, 1.165) is 33.5 Å². The Morgan fingerprint density at radius 3 is 1.82 bits per heavy atom. The van der Waals surface area contributed by atoms with Crippen molar-refractivity contribution in [1.29, 1.82) is 0 Å². The average Bonchev–Trinajstić information content (AvgIpc) is 3.31. The molecule has 1 atom stereocenters. The molecule has 7 N–H and O–H groups in total. The molecule has 10 nitrogen and oxygen atoms in total. The van der Waals surface area contributed by atoms with Gasteiger partial charge in [-0.2, -0.15) is 0 Å². The highest BCUT2D eigenvalue weighted by Crippen LogP contribution is 2.32. The van der Waals surface area contributed by atoms with Crippen LogP contribution < -0.4 is 15.2 Å². The zero-order valence-electron chi connectivity index (χ0n) is 23.3. The zero-order chi connectivity index (χ0) is 30.4. The van der Waals surface area contributed by atoms with Crippen molar-refractivity contribution in [3.05, 3.63) is 57.5 Å². The molecule has 0 aliphatic heterocycles. The lowest BCUT2D eigenvalue weighted by molar-refractivity contribution is -0.0680. The van der Waals surface area contributed by atoms with Crippen LogP contribution in [0.5, 0.6) is 11.5 Å².